The first-order chi connectivity index (χ1) is 9.49. The molecule has 3 N–H and O–H groups in total. The van der Waals surface area contributed by atoms with Gasteiger partial charge in [-0.2, -0.15) is 4.31 Å². The van der Waals surface area contributed by atoms with E-state index in [0.717, 1.165) is 12.8 Å². The van der Waals surface area contributed by atoms with Crippen LogP contribution < -0.4 is 11.3 Å². The number of hydrazine groups is 1. The van der Waals surface area contributed by atoms with Crippen molar-refractivity contribution in [1.82, 2.24) is 9.29 Å². The summed E-state index contributed by atoms with van der Waals surface area (Å²) in [6.07, 6.45) is 3.27. The van der Waals surface area contributed by atoms with Crippen LogP contribution in [0.3, 0.4) is 0 Å². The molecule has 0 atom stereocenters. The standard InChI is InChI=1S/C13H24N4O2S/c1-4-11(5-2)10-17(6-3)20(18,19)12-7-8-13(16-14)15-9-12/h7-9,11H,4-6,10,14H2,1-3H3,(H,15,16). The van der Waals surface area contributed by atoms with Crippen molar-refractivity contribution in [2.45, 2.75) is 38.5 Å². The summed E-state index contributed by atoms with van der Waals surface area (Å²) >= 11 is 0. The highest BCUT2D eigenvalue weighted by molar-refractivity contribution is 7.89. The van der Waals surface area contributed by atoms with E-state index >= 15 is 0 Å². The van der Waals surface area contributed by atoms with Crippen LogP contribution in [0, 0.1) is 5.92 Å². The number of nitrogens with zero attached hydrogens (tertiary/aromatic N) is 2. The van der Waals surface area contributed by atoms with Gasteiger partial charge in [0.25, 0.3) is 0 Å². The Hall–Kier alpha value is -1.18. The van der Waals surface area contributed by atoms with E-state index in [1.807, 2.05) is 6.92 Å². The molecule has 0 amide bonds. The zero-order valence-corrected chi connectivity index (χ0v) is 13.2. The van der Waals surface area contributed by atoms with Gasteiger partial charge in [0.05, 0.1) is 0 Å². The Bertz CT molecular complexity index is 498. The van der Waals surface area contributed by atoms with Crippen molar-refractivity contribution in [3.05, 3.63) is 18.3 Å². The average Bonchev–Trinajstić information content (AvgIpc) is 2.48. The zero-order chi connectivity index (χ0) is 15.2. The van der Waals surface area contributed by atoms with Crippen LogP contribution in [0.2, 0.25) is 0 Å². The minimum absolute atomic E-state index is 0.198. The SMILES string of the molecule is CCC(CC)CN(CC)S(=O)(=O)c1ccc(NN)nc1. The summed E-state index contributed by atoms with van der Waals surface area (Å²) in [6.45, 7) is 7.01. The molecule has 0 aliphatic rings. The summed E-state index contributed by atoms with van der Waals surface area (Å²) in [6, 6.07) is 3.07. The molecular weight excluding hydrogens is 276 g/mol. The minimum Gasteiger partial charge on any atom is -0.308 e. The van der Waals surface area contributed by atoms with Crippen LogP contribution in [0.15, 0.2) is 23.2 Å². The molecule has 0 aliphatic carbocycles. The van der Waals surface area contributed by atoms with Crippen LogP contribution in [0.4, 0.5) is 5.82 Å². The molecule has 0 saturated heterocycles. The molecule has 1 rings (SSSR count). The zero-order valence-electron chi connectivity index (χ0n) is 12.3. The summed E-state index contributed by atoms with van der Waals surface area (Å²) in [4.78, 5) is 4.16. The van der Waals surface area contributed by atoms with Gasteiger partial charge in [0, 0.05) is 19.3 Å². The third-order valence-corrected chi connectivity index (χ3v) is 5.42. The van der Waals surface area contributed by atoms with E-state index in [1.165, 1.54) is 16.6 Å². The van der Waals surface area contributed by atoms with E-state index in [2.05, 4.69) is 24.3 Å². The number of nitrogens with two attached hydrogens (primary N) is 1. The lowest BCUT2D eigenvalue weighted by Crippen LogP contribution is -2.35. The molecule has 1 aromatic rings. The number of hydrogen-bond donors (Lipinski definition) is 2. The quantitative estimate of drug-likeness (QED) is 0.564. The van der Waals surface area contributed by atoms with Gasteiger partial charge in [-0.25, -0.2) is 19.2 Å². The van der Waals surface area contributed by atoms with Crippen molar-refractivity contribution >= 4 is 15.8 Å². The molecule has 0 aromatic carbocycles. The van der Waals surface area contributed by atoms with Crippen molar-refractivity contribution in [3.8, 4) is 0 Å². The third-order valence-electron chi connectivity index (χ3n) is 3.49. The molecule has 0 radical (unpaired) electrons. The fourth-order valence-electron chi connectivity index (χ4n) is 2.00. The monoisotopic (exact) mass is 300 g/mol. The number of nitrogens with one attached hydrogen (secondary N) is 1. The van der Waals surface area contributed by atoms with Gasteiger partial charge in [0.2, 0.25) is 10.0 Å². The van der Waals surface area contributed by atoms with Gasteiger partial charge in [-0.15, -0.1) is 0 Å². The summed E-state index contributed by atoms with van der Waals surface area (Å²) in [7, 11) is -3.49. The maximum Gasteiger partial charge on any atom is 0.244 e. The smallest absolute Gasteiger partial charge is 0.244 e. The fourth-order valence-corrected chi connectivity index (χ4v) is 3.47. The molecule has 0 fully saturated rings. The molecule has 114 valence electrons. The van der Waals surface area contributed by atoms with Crippen LogP contribution in [-0.2, 0) is 10.0 Å². The first kappa shape index (κ1) is 16.9. The molecule has 0 saturated carbocycles. The Kier molecular flexibility index (Phi) is 6.38. The van der Waals surface area contributed by atoms with Gasteiger partial charge in [-0.1, -0.05) is 33.6 Å². The van der Waals surface area contributed by atoms with Gasteiger partial charge in [-0.3, -0.25) is 0 Å². The summed E-state index contributed by atoms with van der Waals surface area (Å²) in [5.74, 6) is 6.04. The van der Waals surface area contributed by atoms with E-state index < -0.39 is 10.0 Å². The van der Waals surface area contributed by atoms with Gasteiger partial charge < -0.3 is 5.43 Å². The first-order valence-electron chi connectivity index (χ1n) is 6.92. The van der Waals surface area contributed by atoms with Gasteiger partial charge in [0.1, 0.15) is 10.7 Å². The molecule has 0 aliphatic heterocycles. The highest BCUT2D eigenvalue weighted by Crippen LogP contribution is 2.19. The molecule has 1 heterocycles. The normalized spacial score (nSPS) is 12.1. The molecule has 6 nitrogen and oxygen atoms in total. The molecule has 1 aromatic heterocycles. The Labute approximate surface area is 121 Å². The molecular formula is C13H24N4O2S. The largest absolute Gasteiger partial charge is 0.308 e. The molecule has 0 unspecified atom stereocenters. The van der Waals surface area contributed by atoms with Crippen molar-refractivity contribution in [2.24, 2.45) is 11.8 Å². The number of pyridine rings is 1. The Balaban J connectivity index is 2.98. The molecule has 20 heavy (non-hydrogen) atoms. The first-order valence-corrected chi connectivity index (χ1v) is 8.36. The van der Waals surface area contributed by atoms with E-state index in [9.17, 15) is 8.42 Å². The van der Waals surface area contributed by atoms with Crippen molar-refractivity contribution in [3.63, 3.8) is 0 Å². The number of hydrogen-bond acceptors (Lipinski definition) is 5. The van der Waals surface area contributed by atoms with Crippen LogP contribution >= 0.6 is 0 Å². The number of anilines is 1. The van der Waals surface area contributed by atoms with Crippen molar-refractivity contribution in [1.29, 1.82) is 0 Å². The second-order valence-corrected chi connectivity index (χ2v) is 6.60. The maximum absolute atomic E-state index is 12.6. The summed E-state index contributed by atoms with van der Waals surface area (Å²) in [5.41, 5.74) is 2.38. The number of aromatic nitrogens is 1. The predicted octanol–water partition coefficient (Wildman–Crippen LogP) is 1.81. The van der Waals surface area contributed by atoms with Crippen LogP contribution in [0.25, 0.3) is 0 Å². The lowest BCUT2D eigenvalue weighted by Gasteiger charge is -2.24. The predicted molar refractivity (Wildman–Crippen MR) is 80.6 cm³/mol. The third kappa shape index (κ3) is 3.91. The highest BCUT2D eigenvalue weighted by atomic mass is 32.2. The van der Waals surface area contributed by atoms with Crippen LogP contribution in [0.1, 0.15) is 33.6 Å². The van der Waals surface area contributed by atoms with Crippen molar-refractivity contribution < 1.29 is 8.42 Å². The lowest BCUT2D eigenvalue weighted by atomic mass is 10.0. The van der Waals surface area contributed by atoms with Gasteiger partial charge >= 0.3 is 0 Å². The van der Waals surface area contributed by atoms with Crippen LogP contribution in [-0.4, -0.2) is 30.8 Å². The Morgan fingerprint density at radius 3 is 2.35 bits per heavy atom. The van der Waals surface area contributed by atoms with E-state index in [0.29, 0.717) is 24.8 Å². The minimum atomic E-state index is -3.49. The number of sulfonamides is 1. The van der Waals surface area contributed by atoms with Gasteiger partial charge in [-0.05, 0) is 18.1 Å². The molecule has 0 spiro atoms. The highest BCUT2D eigenvalue weighted by Gasteiger charge is 2.25. The average molecular weight is 300 g/mol. The Morgan fingerprint density at radius 1 is 1.30 bits per heavy atom. The second-order valence-electron chi connectivity index (χ2n) is 4.66. The fraction of sp³-hybridized carbons (Fsp3) is 0.615. The second kappa shape index (κ2) is 7.56. The number of rotatable bonds is 8. The molecule has 0 bridgehead atoms. The lowest BCUT2D eigenvalue weighted by molar-refractivity contribution is 0.339. The number of nitrogen functional groups attached to an aromatic ring is 1. The maximum atomic E-state index is 12.6. The van der Waals surface area contributed by atoms with Crippen molar-refractivity contribution in [2.75, 3.05) is 18.5 Å². The molecule has 7 heteroatoms. The summed E-state index contributed by atoms with van der Waals surface area (Å²) in [5, 5.41) is 0. The van der Waals surface area contributed by atoms with E-state index in [1.54, 1.807) is 6.07 Å². The topological polar surface area (TPSA) is 88.3 Å². The van der Waals surface area contributed by atoms with E-state index in [4.69, 9.17) is 5.84 Å². The van der Waals surface area contributed by atoms with Crippen LogP contribution in [0.5, 0.6) is 0 Å². The van der Waals surface area contributed by atoms with E-state index in [-0.39, 0.29) is 4.90 Å². The summed E-state index contributed by atoms with van der Waals surface area (Å²) < 4.78 is 26.6. The van der Waals surface area contributed by atoms with Gasteiger partial charge in [0.15, 0.2) is 0 Å². The Morgan fingerprint density at radius 2 is 1.95 bits per heavy atom.